The van der Waals surface area contributed by atoms with Crippen molar-refractivity contribution in [3.8, 4) is 16.8 Å². The molecule has 3 aromatic heterocycles. The van der Waals surface area contributed by atoms with Crippen LogP contribution in [0.1, 0.15) is 33.8 Å². The lowest BCUT2D eigenvalue weighted by molar-refractivity contribution is 0.0697. The van der Waals surface area contributed by atoms with Gasteiger partial charge in [0, 0.05) is 29.1 Å². The number of carboxylic acids is 1. The Labute approximate surface area is 199 Å². The summed E-state index contributed by atoms with van der Waals surface area (Å²) in [5.41, 5.74) is 6.64. The second kappa shape index (κ2) is 8.33. The fourth-order valence-electron chi connectivity index (χ4n) is 4.25. The van der Waals surface area contributed by atoms with E-state index in [2.05, 4.69) is 5.16 Å². The normalized spacial score (nSPS) is 14.0. The number of aryl methyl sites for hydroxylation is 2. The lowest BCUT2D eigenvalue weighted by Gasteiger charge is -2.12. The molecule has 4 aromatic rings. The molecule has 0 fully saturated rings. The molecule has 0 aliphatic carbocycles. The number of aromatic nitrogens is 3. The number of carboxylic acid groups (broad SMARTS) is 1. The SMILES string of the molecule is Cc1noc(C)c1-c1cnc2c(C3=CCOCC3)cn(-c3c(Cl)cc(C(=O)O)cc3Cl)c2c1. The number of nitrogens with zero attached hydrogens (tertiary/aromatic N) is 3. The molecular formula is C24H19Cl2N3O4. The first kappa shape index (κ1) is 21.7. The van der Waals surface area contributed by atoms with Crippen molar-refractivity contribution in [1.82, 2.24) is 14.7 Å². The van der Waals surface area contributed by atoms with Crippen LogP contribution >= 0.6 is 23.2 Å². The molecule has 0 unspecified atom stereocenters. The Morgan fingerprint density at radius 3 is 2.55 bits per heavy atom. The Balaban J connectivity index is 1.80. The van der Waals surface area contributed by atoms with Crippen molar-refractivity contribution >= 4 is 45.8 Å². The van der Waals surface area contributed by atoms with Gasteiger partial charge >= 0.3 is 5.97 Å². The van der Waals surface area contributed by atoms with Gasteiger partial charge in [-0.3, -0.25) is 4.98 Å². The summed E-state index contributed by atoms with van der Waals surface area (Å²) in [6.07, 6.45) is 6.55. The predicted molar refractivity (Wildman–Crippen MR) is 126 cm³/mol. The molecule has 0 spiro atoms. The topological polar surface area (TPSA) is 90.4 Å². The first-order valence-electron chi connectivity index (χ1n) is 10.3. The highest BCUT2D eigenvalue weighted by atomic mass is 35.5. The van der Waals surface area contributed by atoms with E-state index in [0.29, 0.717) is 24.7 Å². The van der Waals surface area contributed by atoms with Crippen LogP contribution in [0, 0.1) is 13.8 Å². The molecule has 1 aliphatic rings. The van der Waals surface area contributed by atoms with E-state index in [-0.39, 0.29) is 15.6 Å². The van der Waals surface area contributed by atoms with E-state index < -0.39 is 5.97 Å². The molecule has 0 radical (unpaired) electrons. The highest BCUT2D eigenvalue weighted by Crippen LogP contribution is 2.38. The number of carbonyl (C=O) groups is 1. The van der Waals surface area contributed by atoms with Crippen LogP contribution in [0.2, 0.25) is 10.0 Å². The molecular weight excluding hydrogens is 465 g/mol. The minimum Gasteiger partial charge on any atom is -0.478 e. The monoisotopic (exact) mass is 483 g/mol. The Morgan fingerprint density at radius 1 is 1.18 bits per heavy atom. The van der Waals surface area contributed by atoms with Crippen molar-refractivity contribution in [2.24, 2.45) is 0 Å². The maximum absolute atomic E-state index is 11.4. The van der Waals surface area contributed by atoms with Gasteiger partial charge in [-0.15, -0.1) is 0 Å². The Hall–Kier alpha value is -3.13. The van der Waals surface area contributed by atoms with Gasteiger partial charge < -0.3 is 18.9 Å². The lowest BCUT2D eigenvalue weighted by Crippen LogP contribution is -2.03. The van der Waals surface area contributed by atoms with Crippen molar-refractivity contribution < 1.29 is 19.2 Å². The zero-order valence-corrected chi connectivity index (χ0v) is 19.4. The van der Waals surface area contributed by atoms with Gasteiger partial charge in [-0.2, -0.15) is 0 Å². The summed E-state index contributed by atoms with van der Waals surface area (Å²) >= 11 is 13.1. The third-order valence-corrected chi connectivity index (χ3v) is 6.35. The number of hydrogen-bond acceptors (Lipinski definition) is 5. The molecule has 7 nitrogen and oxygen atoms in total. The summed E-state index contributed by atoms with van der Waals surface area (Å²) in [5, 5.41) is 13.9. The number of pyridine rings is 1. The number of aromatic carboxylic acids is 1. The summed E-state index contributed by atoms with van der Waals surface area (Å²) in [4.78, 5) is 16.2. The molecule has 9 heteroatoms. The van der Waals surface area contributed by atoms with Crippen LogP contribution in [0.5, 0.6) is 0 Å². The van der Waals surface area contributed by atoms with Crippen LogP contribution in [-0.4, -0.2) is 39.0 Å². The zero-order chi connectivity index (χ0) is 23.3. The number of halogens is 2. The standard InChI is InChI=1S/C24H19Cl2N3O4/c1-12-21(13(2)33-28-12)16-9-20-22(27-10-16)17(14-3-5-32-6-4-14)11-29(20)23-18(25)7-15(24(30)31)8-19(23)26/h3,7-11H,4-6H2,1-2H3,(H,30,31). The predicted octanol–water partition coefficient (Wildman–Crippen LogP) is 6.11. The highest BCUT2D eigenvalue weighted by Gasteiger charge is 2.22. The van der Waals surface area contributed by atoms with E-state index in [1.54, 1.807) is 6.20 Å². The Kier molecular flexibility index (Phi) is 5.48. The molecule has 0 saturated heterocycles. The van der Waals surface area contributed by atoms with E-state index >= 15 is 0 Å². The van der Waals surface area contributed by atoms with Crippen molar-refractivity contribution in [2.75, 3.05) is 13.2 Å². The molecule has 0 saturated carbocycles. The van der Waals surface area contributed by atoms with E-state index in [1.165, 1.54) is 12.1 Å². The summed E-state index contributed by atoms with van der Waals surface area (Å²) in [6, 6.07) is 4.79. The maximum atomic E-state index is 11.4. The fourth-order valence-corrected chi connectivity index (χ4v) is 4.92. The minimum atomic E-state index is -1.10. The van der Waals surface area contributed by atoms with Crippen LogP contribution in [0.15, 0.2) is 41.2 Å². The minimum absolute atomic E-state index is 0.0205. The van der Waals surface area contributed by atoms with Gasteiger partial charge in [0.25, 0.3) is 0 Å². The number of rotatable bonds is 4. The van der Waals surface area contributed by atoms with Gasteiger partial charge in [-0.05, 0) is 44.0 Å². The Morgan fingerprint density at radius 2 is 1.94 bits per heavy atom. The molecule has 1 aromatic carbocycles. The number of fused-ring (bicyclic) bond motifs is 1. The summed E-state index contributed by atoms with van der Waals surface area (Å²) < 4.78 is 12.7. The van der Waals surface area contributed by atoms with Gasteiger partial charge in [-0.1, -0.05) is 34.4 Å². The third-order valence-electron chi connectivity index (χ3n) is 5.78. The van der Waals surface area contributed by atoms with Crippen LogP contribution < -0.4 is 0 Å². The smallest absolute Gasteiger partial charge is 0.335 e. The largest absolute Gasteiger partial charge is 0.478 e. The number of hydrogen-bond donors (Lipinski definition) is 1. The summed E-state index contributed by atoms with van der Waals surface area (Å²) in [5.74, 6) is -0.404. The van der Waals surface area contributed by atoms with Crippen LogP contribution in [-0.2, 0) is 4.74 Å². The zero-order valence-electron chi connectivity index (χ0n) is 17.9. The number of benzene rings is 1. The molecule has 0 amide bonds. The summed E-state index contributed by atoms with van der Waals surface area (Å²) in [7, 11) is 0. The van der Waals surface area contributed by atoms with Crippen molar-refractivity contribution in [3.63, 3.8) is 0 Å². The van der Waals surface area contributed by atoms with E-state index in [9.17, 15) is 9.90 Å². The van der Waals surface area contributed by atoms with Crippen LogP contribution in [0.25, 0.3) is 33.4 Å². The second-order valence-electron chi connectivity index (χ2n) is 7.85. The fraction of sp³-hybridized carbons (Fsp3) is 0.208. The van der Waals surface area contributed by atoms with Crippen molar-refractivity contribution in [2.45, 2.75) is 20.3 Å². The van der Waals surface area contributed by atoms with E-state index in [0.717, 1.165) is 45.4 Å². The summed E-state index contributed by atoms with van der Waals surface area (Å²) in [6.45, 7) is 4.90. The average Bonchev–Trinajstić information content (AvgIpc) is 3.33. The second-order valence-corrected chi connectivity index (χ2v) is 8.67. The molecule has 1 N–H and O–H groups in total. The van der Waals surface area contributed by atoms with Crippen LogP contribution in [0.4, 0.5) is 0 Å². The molecule has 168 valence electrons. The van der Waals surface area contributed by atoms with Gasteiger partial charge in [0.15, 0.2) is 0 Å². The quantitative estimate of drug-likeness (QED) is 0.376. The maximum Gasteiger partial charge on any atom is 0.335 e. The van der Waals surface area contributed by atoms with Crippen LogP contribution in [0.3, 0.4) is 0 Å². The molecule has 5 rings (SSSR count). The van der Waals surface area contributed by atoms with E-state index in [1.807, 2.05) is 36.8 Å². The first-order valence-corrected chi connectivity index (χ1v) is 11.0. The first-order chi connectivity index (χ1) is 15.8. The molecule has 33 heavy (non-hydrogen) atoms. The van der Waals surface area contributed by atoms with Gasteiger partial charge in [0.05, 0.1) is 51.2 Å². The average molecular weight is 484 g/mol. The Bertz CT molecular complexity index is 1410. The van der Waals surface area contributed by atoms with E-state index in [4.69, 9.17) is 37.4 Å². The van der Waals surface area contributed by atoms with Gasteiger partial charge in [0.1, 0.15) is 5.76 Å². The molecule has 0 atom stereocenters. The van der Waals surface area contributed by atoms with Crippen molar-refractivity contribution in [3.05, 3.63) is 69.3 Å². The third kappa shape index (κ3) is 3.72. The lowest BCUT2D eigenvalue weighted by atomic mass is 10.0. The molecule has 4 heterocycles. The van der Waals surface area contributed by atoms with Crippen molar-refractivity contribution in [1.29, 1.82) is 0 Å². The van der Waals surface area contributed by atoms with Gasteiger partial charge in [0.2, 0.25) is 0 Å². The highest BCUT2D eigenvalue weighted by molar-refractivity contribution is 6.38. The van der Waals surface area contributed by atoms with Gasteiger partial charge in [-0.25, -0.2) is 4.79 Å². The molecule has 1 aliphatic heterocycles. The number of ether oxygens (including phenoxy) is 1. The molecule has 0 bridgehead atoms.